The van der Waals surface area contributed by atoms with Gasteiger partial charge in [-0.15, -0.1) is 0 Å². The predicted molar refractivity (Wildman–Crippen MR) is 93.0 cm³/mol. The molecule has 0 aliphatic carbocycles. The van der Waals surface area contributed by atoms with E-state index >= 15 is 0 Å². The first kappa shape index (κ1) is 26.6. The van der Waals surface area contributed by atoms with E-state index in [0.29, 0.717) is 6.42 Å². The number of unbranched alkanes of at least 4 members (excludes halogenated alkanes) is 8. The van der Waals surface area contributed by atoms with Gasteiger partial charge in [-0.1, -0.05) is 58.3 Å². The van der Waals surface area contributed by atoms with Gasteiger partial charge >= 0.3 is 29.6 Å². The van der Waals surface area contributed by atoms with Crippen molar-refractivity contribution in [1.29, 1.82) is 0 Å². The van der Waals surface area contributed by atoms with Crippen LogP contribution in [-0.4, -0.2) is 54.3 Å². The third kappa shape index (κ3) is 17.2. The fraction of sp³-hybridized carbons (Fsp3) is 0.938. The standard InChI is InChI=1S/C16H33NO5S.Na.H/c1-3-4-5-6-7-8-9-10-11-12-16(19)17(2)13-15(18)14-23(20,21)22;;/h15,18H,3-14H2,1-2H3,(H,20,21,22);;/q;+1;-1. The molecule has 0 aliphatic heterocycles. The molecule has 0 saturated heterocycles. The number of hydrogen-bond donors (Lipinski definition) is 2. The molecule has 140 valence electrons. The number of aliphatic hydroxyl groups is 1. The number of carbonyl (C=O) groups is 1. The zero-order valence-corrected chi connectivity index (χ0v) is 18.4. The first-order chi connectivity index (χ1) is 10.8. The fourth-order valence-corrected chi connectivity index (χ4v) is 3.08. The van der Waals surface area contributed by atoms with Crippen LogP contribution in [0.1, 0.15) is 72.6 Å². The van der Waals surface area contributed by atoms with Gasteiger partial charge in [0.25, 0.3) is 10.1 Å². The van der Waals surface area contributed by atoms with Crippen LogP contribution in [0.25, 0.3) is 0 Å². The number of carbonyl (C=O) groups excluding carboxylic acids is 1. The van der Waals surface area contributed by atoms with Crippen LogP contribution in [0.3, 0.4) is 0 Å². The molecule has 0 rings (SSSR count). The monoisotopic (exact) mass is 375 g/mol. The Morgan fingerprint density at radius 1 is 1.04 bits per heavy atom. The number of nitrogens with zero attached hydrogens (tertiary/aromatic N) is 1. The Morgan fingerprint density at radius 3 is 1.96 bits per heavy atom. The number of likely N-dealkylation sites (N-methyl/N-ethyl adjacent to an activating group) is 1. The summed E-state index contributed by atoms with van der Waals surface area (Å²) in [6.07, 6.45) is 9.75. The minimum Gasteiger partial charge on any atom is -1.00 e. The van der Waals surface area contributed by atoms with Crippen molar-refractivity contribution in [3.63, 3.8) is 0 Å². The van der Waals surface area contributed by atoms with Crippen molar-refractivity contribution >= 4 is 16.0 Å². The summed E-state index contributed by atoms with van der Waals surface area (Å²) in [5, 5.41) is 9.50. The quantitative estimate of drug-likeness (QED) is 0.248. The molecule has 0 bridgehead atoms. The second-order valence-corrected chi connectivity index (χ2v) is 7.75. The molecule has 0 spiro atoms. The second-order valence-electron chi connectivity index (χ2n) is 6.26. The Hall–Kier alpha value is 0.340. The maximum absolute atomic E-state index is 11.9. The molecule has 0 aromatic carbocycles. The van der Waals surface area contributed by atoms with E-state index in [9.17, 15) is 18.3 Å². The summed E-state index contributed by atoms with van der Waals surface area (Å²) in [5.41, 5.74) is 0. The molecule has 0 aromatic heterocycles. The molecule has 1 unspecified atom stereocenters. The SMILES string of the molecule is CCCCCCCCCCCC(=O)N(C)CC(O)CS(=O)(=O)O.[H-].[Na+]. The Bertz CT molecular complexity index is 423. The zero-order valence-electron chi connectivity index (χ0n) is 16.5. The van der Waals surface area contributed by atoms with Crippen molar-refractivity contribution in [3.8, 4) is 0 Å². The molecule has 0 aromatic rings. The van der Waals surface area contributed by atoms with Gasteiger partial charge in [-0.25, -0.2) is 0 Å². The summed E-state index contributed by atoms with van der Waals surface area (Å²) in [7, 11) is -2.69. The Labute approximate surface area is 170 Å². The summed E-state index contributed by atoms with van der Waals surface area (Å²) in [5.74, 6) is -0.856. The number of hydrogen-bond acceptors (Lipinski definition) is 4. The van der Waals surface area contributed by atoms with E-state index in [-0.39, 0.29) is 43.4 Å². The molecule has 0 aliphatic rings. The molecule has 0 radical (unpaired) electrons. The van der Waals surface area contributed by atoms with Crippen molar-refractivity contribution < 1.29 is 53.9 Å². The normalized spacial score (nSPS) is 12.5. The largest absolute Gasteiger partial charge is 1.00 e. The molecule has 1 amide bonds. The summed E-state index contributed by atoms with van der Waals surface area (Å²) < 4.78 is 29.9. The molecule has 0 fully saturated rings. The summed E-state index contributed by atoms with van der Waals surface area (Å²) in [6, 6.07) is 0. The van der Waals surface area contributed by atoms with E-state index in [2.05, 4.69) is 6.92 Å². The first-order valence-corrected chi connectivity index (χ1v) is 10.2. The summed E-state index contributed by atoms with van der Waals surface area (Å²) in [6.45, 7) is 2.12. The van der Waals surface area contributed by atoms with Gasteiger partial charge in [0.05, 0.1) is 6.10 Å². The van der Waals surface area contributed by atoms with Gasteiger partial charge in [-0.2, -0.15) is 8.42 Å². The molecular formula is C16H34NNaO5S. The fourth-order valence-electron chi connectivity index (χ4n) is 2.49. The molecule has 1 atom stereocenters. The van der Waals surface area contributed by atoms with Crippen LogP contribution in [0.2, 0.25) is 0 Å². The van der Waals surface area contributed by atoms with Crippen LogP contribution in [0, 0.1) is 0 Å². The summed E-state index contributed by atoms with van der Waals surface area (Å²) >= 11 is 0. The van der Waals surface area contributed by atoms with E-state index in [1.807, 2.05) is 0 Å². The molecule has 6 nitrogen and oxygen atoms in total. The van der Waals surface area contributed by atoms with Crippen LogP contribution < -0.4 is 29.6 Å². The first-order valence-electron chi connectivity index (χ1n) is 8.63. The van der Waals surface area contributed by atoms with Crippen molar-refractivity contribution in [2.24, 2.45) is 0 Å². The molecule has 24 heavy (non-hydrogen) atoms. The Kier molecular flexibility index (Phi) is 17.3. The van der Waals surface area contributed by atoms with E-state index < -0.39 is 22.0 Å². The third-order valence-corrected chi connectivity index (χ3v) is 4.61. The zero-order chi connectivity index (χ0) is 17.7. The van der Waals surface area contributed by atoms with Crippen LogP contribution in [0.4, 0.5) is 0 Å². The number of aliphatic hydroxyl groups excluding tert-OH is 1. The van der Waals surface area contributed by atoms with Crippen LogP contribution >= 0.6 is 0 Å². The summed E-state index contributed by atoms with van der Waals surface area (Å²) in [4.78, 5) is 13.2. The van der Waals surface area contributed by atoms with Crippen molar-refractivity contribution in [3.05, 3.63) is 0 Å². The molecule has 0 heterocycles. The smallest absolute Gasteiger partial charge is 1.00 e. The maximum Gasteiger partial charge on any atom is 1.00 e. The van der Waals surface area contributed by atoms with Crippen LogP contribution in [0.5, 0.6) is 0 Å². The average Bonchev–Trinajstić information content (AvgIpc) is 2.43. The number of amides is 1. The maximum atomic E-state index is 11.9. The van der Waals surface area contributed by atoms with Crippen molar-refractivity contribution in [1.82, 2.24) is 4.90 Å². The average molecular weight is 376 g/mol. The minimum absolute atomic E-state index is 0. The van der Waals surface area contributed by atoms with Crippen LogP contribution in [0.15, 0.2) is 0 Å². The van der Waals surface area contributed by atoms with Gasteiger partial charge < -0.3 is 11.4 Å². The van der Waals surface area contributed by atoms with Gasteiger partial charge in [0.15, 0.2) is 0 Å². The predicted octanol–water partition coefficient (Wildman–Crippen LogP) is -0.269. The molecule has 0 saturated carbocycles. The van der Waals surface area contributed by atoms with Gasteiger partial charge in [0, 0.05) is 20.0 Å². The van der Waals surface area contributed by atoms with Gasteiger partial charge in [-0.05, 0) is 6.42 Å². The van der Waals surface area contributed by atoms with Gasteiger partial charge in [0.2, 0.25) is 5.91 Å². The van der Waals surface area contributed by atoms with Gasteiger partial charge in [0.1, 0.15) is 5.75 Å². The Balaban J connectivity index is -0.00000242. The van der Waals surface area contributed by atoms with Crippen molar-refractivity contribution in [2.45, 2.75) is 77.2 Å². The number of rotatable bonds is 14. The molecule has 2 N–H and O–H groups in total. The minimum atomic E-state index is -4.22. The second kappa shape index (κ2) is 15.6. The topological polar surface area (TPSA) is 94.9 Å². The van der Waals surface area contributed by atoms with E-state index in [1.54, 1.807) is 0 Å². The van der Waals surface area contributed by atoms with Crippen molar-refractivity contribution in [2.75, 3.05) is 19.3 Å². The molecule has 8 heteroatoms. The molecular weight excluding hydrogens is 341 g/mol. The van der Waals surface area contributed by atoms with E-state index in [1.165, 1.54) is 50.5 Å². The van der Waals surface area contributed by atoms with Gasteiger partial charge in [-0.3, -0.25) is 9.35 Å². The van der Waals surface area contributed by atoms with E-state index in [0.717, 1.165) is 19.3 Å². The van der Waals surface area contributed by atoms with Crippen LogP contribution in [-0.2, 0) is 14.9 Å². The Morgan fingerprint density at radius 2 is 1.50 bits per heavy atom. The third-order valence-electron chi connectivity index (χ3n) is 3.81. The van der Waals surface area contributed by atoms with E-state index in [4.69, 9.17) is 4.55 Å².